The van der Waals surface area contributed by atoms with Crippen molar-refractivity contribution >= 4 is 27.6 Å². The molecule has 0 radical (unpaired) electrons. The van der Waals surface area contributed by atoms with Gasteiger partial charge in [0.15, 0.2) is 0 Å². The molecular formula is C7H10ClN2O4S+. The van der Waals surface area contributed by atoms with Gasteiger partial charge >= 0.3 is 5.97 Å². The van der Waals surface area contributed by atoms with Crippen molar-refractivity contribution in [2.45, 2.75) is 4.90 Å². The van der Waals surface area contributed by atoms with E-state index in [-0.39, 0.29) is 21.6 Å². The van der Waals surface area contributed by atoms with E-state index in [0.717, 1.165) is 12.1 Å². The van der Waals surface area contributed by atoms with Crippen LogP contribution in [0.5, 0.6) is 0 Å². The summed E-state index contributed by atoms with van der Waals surface area (Å²) in [5, 5.41) is 13.4. The predicted molar refractivity (Wildman–Crippen MR) is 55.8 cm³/mol. The van der Waals surface area contributed by atoms with E-state index in [1.165, 1.54) is 6.07 Å². The van der Waals surface area contributed by atoms with Gasteiger partial charge < -0.3 is 11.3 Å². The number of rotatable bonds is 2. The van der Waals surface area contributed by atoms with Crippen LogP contribution in [0, 0.1) is 0 Å². The van der Waals surface area contributed by atoms with Crippen LogP contribution in [0.4, 0.5) is 0 Å². The third-order valence-corrected chi connectivity index (χ3v) is 2.74. The molecule has 0 fully saturated rings. The first-order chi connectivity index (χ1) is 6.32. The first-order valence-corrected chi connectivity index (χ1v) is 5.30. The number of sulfonamides is 1. The highest BCUT2D eigenvalue weighted by atomic mass is 35.5. The van der Waals surface area contributed by atoms with Crippen molar-refractivity contribution in [3.05, 3.63) is 28.8 Å². The normalized spacial score (nSPS) is 10.5. The van der Waals surface area contributed by atoms with Gasteiger partial charge in [-0.3, -0.25) is 0 Å². The summed E-state index contributed by atoms with van der Waals surface area (Å²) >= 11 is 5.52. The lowest BCUT2D eigenvalue weighted by Gasteiger charge is -2.01. The van der Waals surface area contributed by atoms with Crippen molar-refractivity contribution in [2.24, 2.45) is 5.14 Å². The molecule has 0 unspecified atom stereocenters. The van der Waals surface area contributed by atoms with Gasteiger partial charge in [0, 0.05) is 0 Å². The summed E-state index contributed by atoms with van der Waals surface area (Å²) in [6.07, 6.45) is 0. The van der Waals surface area contributed by atoms with E-state index in [1.807, 2.05) is 0 Å². The van der Waals surface area contributed by atoms with Gasteiger partial charge in [0.25, 0.3) is 0 Å². The van der Waals surface area contributed by atoms with E-state index >= 15 is 0 Å². The Kier molecular flexibility index (Phi) is 4.23. The largest absolute Gasteiger partial charge is 0.478 e. The molecule has 0 spiro atoms. The van der Waals surface area contributed by atoms with Crippen LogP contribution in [0.15, 0.2) is 23.1 Å². The molecule has 0 aliphatic heterocycles. The van der Waals surface area contributed by atoms with Gasteiger partial charge in [-0.15, -0.1) is 0 Å². The van der Waals surface area contributed by atoms with Gasteiger partial charge in [-0.05, 0) is 18.2 Å². The molecule has 0 amide bonds. The van der Waals surface area contributed by atoms with E-state index in [9.17, 15) is 13.2 Å². The maximum atomic E-state index is 10.9. The highest BCUT2D eigenvalue weighted by Crippen LogP contribution is 2.19. The van der Waals surface area contributed by atoms with Crippen LogP contribution in [0.3, 0.4) is 0 Å². The fourth-order valence-electron chi connectivity index (χ4n) is 0.845. The first kappa shape index (κ1) is 13.8. The highest BCUT2D eigenvalue weighted by Gasteiger charge is 2.14. The number of primary sulfonamides is 1. The average molecular weight is 254 g/mol. The number of carboxylic acid groups (broad SMARTS) is 1. The molecule has 7 N–H and O–H groups in total. The summed E-state index contributed by atoms with van der Waals surface area (Å²) in [6, 6.07) is 3.23. The van der Waals surface area contributed by atoms with Gasteiger partial charge in [0.1, 0.15) is 0 Å². The Morgan fingerprint density at radius 1 is 1.40 bits per heavy atom. The topological polar surface area (TPSA) is 134 Å². The van der Waals surface area contributed by atoms with Crippen molar-refractivity contribution in [3.63, 3.8) is 0 Å². The fourth-order valence-corrected chi connectivity index (χ4v) is 1.58. The summed E-state index contributed by atoms with van der Waals surface area (Å²) in [7, 11) is -3.90. The molecule has 0 saturated carbocycles. The summed E-state index contributed by atoms with van der Waals surface area (Å²) in [6.45, 7) is 0. The van der Waals surface area contributed by atoms with Crippen molar-refractivity contribution in [2.75, 3.05) is 0 Å². The zero-order chi connectivity index (χ0) is 10.9. The Balaban J connectivity index is 0.00000196. The maximum absolute atomic E-state index is 10.9. The number of halogens is 1. The van der Waals surface area contributed by atoms with Crippen LogP contribution in [-0.2, 0) is 10.0 Å². The predicted octanol–water partition coefficient (Wildman–Crippen LogP) is 1.06. The second-order valence-electron chi connectivity index (χ2n) is 2.49. The fraction of sp³-hybridized carbons (Fsp3) is 0. The maximum Gasteiger partial charge on any atom is 0.337 e. The van der Waals surface area contributed by atoms with Crippen LogP contribution < -0.4 is 11.3 Å². The molecule has 0 bridgehead atoms. The second-order valence-corrected chi connectivity index (χ2v) is 4.46. The lowest BCUT2D eigenvalue weighted by Crippen LogP contribution is -2.13. The molecule has 1 rings (SSSR count). The third kappa shape index (κ3) is 3.17. The monoisotopic (exact) mass is 253 g/mol. The smallest absolute Gasteiger partial charge is 0.337 e. The van der Waals surface area contributed by atoms with E-state index in [4.69, 9.17) is 21.8 Å². The Hall–Kier alpha value is -1.15. The van der Waals surface area contributed by atoms with E-state index in [1.54, 1.807) is 0 Å². The highest BCUT2D eigenvalue weighted by molar-refractivity contribution is 7.89. The molecule has 0 aliphatic carbocycles. The number of hydrogen-bond donors (Lipinski definition) is 3. The minimum Gasteiger partial charge on any atom is -0.478 e. The number of carboxylic acids is 1. The third-order valence-electron chi connectivity index (χ3n) is 1.50. The van der Waals surface area contributed by atoms with Crippen molar-refractivity contribution in [1.29, 1.82) is 0 Å². The Morgan fingerprint density at radius 3 is 2.33 bits per heavy atom. The van der Waals surface area contributed by atoms with Gasteiger partial charge in [-0.1, -0.05) is 11.6 Å². The van der Waals surface area contributed by atoms with Crippen molar-refractivity contribution in [3.8, 4) is 0 Å². The van der Waals surface area contributed by atoms with E-state index in [2.05, 4.69) is 0 Å². The van der Waals surface area contributed by atoms with Crippen LogP contribution in [0.2, 0.25) is 5.02 Å². The van der Waals surface area contributed by atoms with Gasteiger partial charge in [-0.2, -0.15) is 0 Å². The Bertz CT molecular complexity index is 486. The standard InChI is InChI=1S/C7H6ClNO4S.H3N/c8-6-2-1-4(14(9,12)13)3-5(6)7(10)11;/h1-3H,(H,10,11)(H2,9,12,13);1H3/p+1. The summed E-state index contributed by atoms with van der Waals surface area (Å²) in [4.78, 5) is 10.3. The second kappa shape index (κ2) is 4.58. The summed E-state index contributed by atoms with van der Waals surface area (Å²) in [5.41, 5.74) is -0.293. The van der Waals surface area contributed by atoms with Crippen LogP contribution in [0.1, 0.15) is 10.4 Å². The van der Waals surface area contributed by atoms with Crippen LogP contribution in [-0.4, -0.2) is 19.5 Å². The first-order valence-electron chi connectivity index (χ1n) is 3.38. The molecule has 0 heterocycles. The number of quaternary nitrogens is 1. The summed E-state index contributed by atoms with van der Waals surface area (Å²) in [5.74, 6) is -1.31. The molecule has 1 aromatic carbocycles. The number of nitrogens with two attached hydrogens (primary N) is 1. The van der Waals surface area contributed by atoms with Gasteiger partial charge in [-0.25, -0.2) is 18.4 Å². The molecule has 0 saturated heterocycles. The lowest BCUT2D eigenvalue weighted by molar-refractivity contribution is 0.0697. The molecule has 0 atom stereocenters. The molecule has 6 nitrogen and oxygen atoms in total. The molecule has 84 valence electrons. The lowest BCUT2D eigenvalue weighted by atomic mass is 10.2. The number of hydrogen-bond acceptors (Lipinski definition) is 3. The Labute approximate surface area is 91.3 Å². The van der Waals surface area contributed by atoms with Crippen LogP contribution >= 0.6 is 11.6 Å². The zero-order valence-electron chi connectivity index (χ0n) is 7.77. The molecule has 0 aliphatic rings. The van der Waals surface area contributed by atoms with Gasteiger partial charge in [0.05, 0.1) is 15.5 Å². The minimum atomic E-state index is -3.90. The number of carbonyl (C=O) groups is 1. The molecule has 0 aromatic heterocycles. The van der Waals surface area contributed by atoms with Gasteiger partial charge in [0.2, 0.25) is 10.0 Å². The van der Waals surface area contributed by atoms with Crippen molar-refractivity contribution in [1.82, 2.24) is 6.15 Å². The van der Waals surface area contributed by atoms with Crippen LogP contribution in [0.25, 0.3) is 0 Å². The quantitative estimate of drug-likeness (QED) is 0.726. The molecular weight excluding hydrogens is 244 g/mol. The van der Waals surface area contributed by atoms with E-state index in [0.29, 0.717) is 0 Å². The summed E-state index contributed by atoms with van der Waals surface area (Å²) < 4.78 is 21.7. The zero-order valence-corrected chi connectivity index (χ0v) is 9.34. The SMILES string of the molecule is NS(=O)(=O)c1ccc(Cl)c(C(=O)O)c1.[NH4+]. The van der Waals surface area contributed by atoms with Crippen molar-refractivity contribution < 1.29 is 18.3 Å². The number of benzene rings is 1. The average Bonchev–Trinajstić information content (AvgIpc) is 2.02. The van der Waals surface area contributed by atoms with E-state index < -0.39 is 16.0 Å². The number of aromatic carboxylic acids is 1. The molecule has 15 heavy (non-hydrogen) atoms. The Morgan fingerprint density at radius 2 is 1.93 bits per heavy atom. The minimum absolute atomic E-state index is 0. The molecule has 1 aromatic rings. The molecule has 8 heteroatoms.